The van der Waals surface area contributed by atoms with E-state index >= 15 is 0 Å². The minimum absolute atomic E-state index is 0.190. The summed E-state index contributed by atoms with van der Waals surface area (Å²) in [6, 6.07) is 13.1. The molecule has 21 heavy (non-hydrogen) atoms. The molecule has 2 aromatic carbocycles. The maximum Gasteiger partial charge on any atom is 0.134 e. The molecule has 1 aromatic heterocycles. The van der Waals surface area contributed by atoms with Crippen LogP contribution in [0.25, 0.3) is 11.0 Å². The highest BCUT2D eigenvalue weighted by Gasteiger charge is 2.27. The van der Waals surface area contributed by atoms with E-state index in [1.807, 2.05) is 24.3 Å². The Morgan fingerprint density at radius 3 is 2.71 bits per heavy atom. The number of likely N-dealkylation sites (N-methyl/N-ethyl adjacent to an activating group) is 1. The van der Waals surface area contributed by atoms with Gasteiger partial charge in [0.1, 0.15) is 11.4 Å². The molecule has 0 spiro atoms. The van der Waals surface area contributed by atoms with E-state index in [0.29, 0.717) is 0 Å². The van der Waals surface area contributed by atoms with Gasteiger partial charge in [-0.05, 0) is 48.0 Å². The van der Waals surface area contributed by atoms with Crippen molar-refractivity contribution in [2.24, 2.45) is 0 Å². The van der Waals surface area contributed by atoms with Crippen molar-refractivity contribution in [3.8, 4) is 0 Å². The summed E-state index contributed by atoms with van der Waals surface area (Å²) < 4.78 is 18.7. The second-order valence-electron chi connectivity index (χ2n) is 5.77. The van der Waals surface area contributed by atoms with Crippen LogP contribution in [0.15, 0.2) is 53.1 Å². The van der Waals surface area contributed by atoms with E-state index in [1.54, 1.807) is 18.4 Å². The summed E-state index contributed by atoms with van der Waals surface area (Å²) in [6.07, 6.45) is 1.74. The molecule has 0 fully saturated rings. The zero-order valence-electron chi connectivity index (χ0n) is 11.8. The third kappa shape index (κ3) is 2.05. The first-order valence-electron chi connectivity index (χ1n) is 7.15. The molecule has 0 saturated carbocycles. The molecular weight excluding hydrogens is 265 g/mol. The second kappa shape index (κ2) is 4.71. The summed E-state index contributed by atoms with van der Waals surface area (Å²) in [5, 5.41) is 1.18. The number of fused-ring (bicyclic) bond motifs is 3. The zero-order valence-corrected chi connectivity index (χ0v) is 11.8. The van der Waals surface area contributed by atoms with Crippen molar-refractivity contribution in [3.63, 3.8) is 0 Å². The minimum atomic E-state index is -0.190. The molecule has 1 unspecified atom stereocenters. The number of halogens is 1. The maximum absolute atomic E-state index is 13.2. The van der Waals surface area contributed by atoms with E-state index < -0.39 is 0 Å². The van der Waals surface area contributed by atoms with Gasteiger partial charge in [0.25, 0.3) is 0 Å². The van der Waals surface area contributed by atoms with Gasteiger partial charge in [-0.2, -0.15) is 0 Å². The fraction of sp³-hybridized carbons (Fsp3) is 0.222. The van der Waals surface area contributed by atoms with Crippen LogP contribution >= 0.6 is 0 Å². The number of hydrogen-bond donors (Lipinski definition) is 0. The fourth-order valence-electron chi connectivity index (χ4n) is 3.39. The van der Waals surface area contributed by atoms with Crippen LogP contribution in [-0.2, 0) is 6.54 Å². The van der Waals surface area contributed by atoms with Crippen LogP contribution in [0.4, 0.5) is 4.39 Å². The highest BCUT2D eigenvalue weighted by atomic mass is 19.1. The van der Waals surface area contributed by atoms with Gasteiger partial charge in [-0.15, -0.1) is 0 Å². The molecule has 3 heteroatoms. The predicted molar refractivity (Wildman–Crippen MR) is 80.8 cm³/mol. The Morgan fingerprint density at radius 1 is 1.10 bits per heavy atom. The van der Waals surface area contributed by atoms with Crippen LogP contribution in [0, 0.1) is 5.82 Å². The Morgan fingerprint density at radius 2 is 1.90 bits per heavy atom. The topological polar surface area (TPSA) is 16.4 Å². The molecule has 106 valence electrons. The van der Waals surface area contributed by atoms with Crippen LogP contribution in [0.1, 0.15) is 22.6 Å². The Labute approximate surface area is 122 Å². The van der Waals surface area contributed by atoms with Crippen molar-refractivity contribution in [2.75, 3.05) is 13.6 Å². The summed E-state index contributed by atoms with van der Waals surface area (Å²) in [4.78, 5) is 2.31. The molecule has 2 heterocycles. The SMILES string of the molecule is CN1Cc2ccc3occc3c2C(c2ccc(F)cc2)C1. The van der Waals surface area contributed by atoms with E-state index in [1.165, 1.54) is 16.5 Å². The first-order valence-corrected chi connectivity index (χ1v) is 7.15. The normalized spacial score (nSPS) is 18.9. The third-order valence-corrected chi connectivity index (χ3v) is 4.32. The number of nitrogens with zero attached hydrogens (tertiary/aromatic N) is 1. The summed E-state index contributed by atoms with van der Waals surface area (Å²) in [6.45, 7) is 1.87. The van der Waals surface area contributed by atoms with Gasteiger partial charge in [0, 0.05) is 24.4 Å². The van der Waals surface area contributed by atoms with E-state index in [9.17, 15) is 4.39 Å². The molecule has 2 nitrogen and oxygen atoms in total. The lowest BCUT2D eigenvalue weighted by Crippen LogP contribution is -2.31. The Balaban J connectivity index is 1.93. The molecule has 0 N–H and O–H groups in total. The van der Waals surface area contributed by atoms with E-state index in [0.717, 1.165) is 24.2 Å². The molecule has 4 rings (SSSR count). The van der Waals surface area contributed by atoms with E-state index in [4.69, 9.17) is 4.42 Å². The molecule has 0 bridgehead atoms. The van der Waals surface area contributed by atoms with Gasteiger partial charge in [-0.3, -0.25) is 0 Å². The van der Waals surface area contributed by atoms with Gasteiger partial charge in [0.05, 0.1) is 6.26 Å². The quantitative estimate of drug-likeness (QED) is 0.666. The predicted octanol–water partition coefficient (Wildman–Crippen LogP) is 4.15. The van der Waals surface area contributed by atoms with Crippen LogP contribution in [-0.4, -0.2) is 18.5 Å². The zero-order chi connectivity index (χ0) is 14.4. The van der Waals surface area contributed by atoms with Crippen LogP contribution in [0.3, 0.4) is 0 Å². The van der Waals surface area contributed by atoms with Gasteiger partial charge in [0.15, 0.2) is 0 Å². The Hall–Kier alpha value is -2.13. The van der Waals surface area contributed by atoms with Crippen molar-refractivity contribution in [1.29, 1.82) is 0 Å². The average molecular weight is 281 g/mol. The highest BCUT2D eigenvalue weighted by Crippen LogP contribution is 2.38. The van der Waals surface area contributed by atoms with Crippen LogP contribution in [0.2, 0.25) is 0 Å². The van der Waals surface area contributed by atoms with Crippen LogP contribution in [0.5, 0.6) is 0 Å². The average Bonchev–Trinajstić information content (AvgIpc) is 2.95. The van der Waals surface area contributed by atoms with Gasteiger partial charge in [0.2, 0.25) is 0 Å². The molecule has 0 radical (unpaired) electrons. The fourth-order valence-corrected chi connectivity index (χ4v) is 3.39. The van der Waals surface area contributed by atoms with E-state index in [-0.39, 0.29) is 11.7 Å². The largest absolute Gasteiger partial charge is 0.464 e. The first-order chi connectivity index (χ1) is 10.2. The summed E-state index contributed by atoms with van der Waals surface area (Å²) in [7, 11) is 2.12. The first kappa shape index (κ1) is 12.6. The maximum atomic E-state index is 13.2. The molecule has 0 aliphatic carbocycles. The van der Waals surface area contributed by atoms with Crippen molar-refractivity contribution in [1.82, 2.24) is 4.90 Å². The van der Waals surface area contributed by atoms with Crippen LogP contribution < -0.4 is 0 Å². The summed E-state index contributed by atoms with van der Waals surface area (Å²) in [5.74, 6) is 0.0605. The van der Waals surface area contributed by atoms with Gasteiger partial charge < -0.3 is 9.32 Å². The number of furan rings is 1. The number of benzene rings is 2. The molecule has 0 amide bonds. The lowest BCUT2D eigenvalue weighted by molar-refractivity contribution is 0.296. The van der Waals surface area contributed by atoms with Crippen molar-refractivity contribution >= 4 is 11.0 Å². The van der Waals surface area contributed by atoms with Gasteiger partial charge in [-0.25, -0.2) is 4.39 Å². The smallest absolute Gasteiger partial charge is 0.134 e. The lowest BCUT2D eigenvalue weighted by Gasteiger charge is -2.33. The van der Waals surface area contributed by atoms with E-state index in [2.05, 4.69) is 18.0 Å². The summed E-state index contributed by atoms with van der Waals surface area (Å²) >= 11 is 0. The van der Waals surface area contributed by atoms with Gasteiger partial charge >= 0.3 is 0 Å². The lowest BCUT2D eigenvalue weighted by atomic mass is 9.83. The van der Waals surface area contributed by atoms with Crippen molar-refractivity contribution in [2.45, 2.75) is 12.5 Å². The standard InChI is InChI=1S/C18H16FNO/c1-20-10-13-4-7-17-15(8-9-21-17)18(13)16(11-20)12-2-5-14(19)6-3-12/h2-9,16H,10-11H2,1H3. The third-order valence-electron chi connectivity index (χ3n) is 4.32. The van der Waals surface area contributed by atoms with Crippen molar-refractivity contribution < 1.29 is 8.81 Å². The minimum Gasteiger partial charge on any atom is -0.464 e. The summed E-state index contributed by atoms with van der Waals surface area (Å²) in [5.41, 5.74) is 4.72. The second-order valence-corrected chi connectivity index (χ2v) is 5.77. The van der Waals surface area contributed by atoms with Crippen molar-refractivity contribution in [3.05, 3.63) is 71.2 Å². The highest BCUT2D eigenvalue weighted by molar-refractivity contribution is 5.83. The molecule has 1 atom stereocenters. The molecular formula is C18H16FNO. The molecule has 3 aromatic rings. The molecule has 1 aliphatic heterocycles. The Kier molecular flexibility index (Phi) is 2.82. The monoisotopic (exact) mass is 281 g/mol. The molecule has 1 aliphatic rings. The van der Waals surface area contributed by atoms with Gasteiger partial charge in [-0.1, -0.05) is 18.2 Å². The molecule has 0 saturated heterocycles. The number of hydrogen-bond acceptors (Lipinski definition) is 2. The number of rotatable bonds is 1. The Bertz CT molecular complexity index is 791.